The van der Waals surface area contributed by atoms with Gasteiger partial charge in [-0.3, -0.25) is 9.69 Å². The first-order valence-electron chi connectivity index (χ1n) is 9.17. The number of amides is 2. The number of anilines is 1. The van der Waals surface area contributed by atoms with Crippen LogP contribution in [0.15, 0.2) is 42.9 Å². The van der Waals surface area contributed by atoms with Gasteiger partial charge >= 0.3 is 6.09 Å². The summed E-state index contributed by atoms with van der Waals surface area (Å²) in [5.41, 5.74) is 3.88. The van der Waals surface area contributed by atoms with Crippen molar-refractivity contribution in [3.8, 4) is 16.9 Å². The van der Waals surface area contributed by atoms with E-state index >= 15 is 0 Å². The number of nitrogens with one attached hydrogen (secondary N) is 1. The Morgan fingerprint density at radius 3 is 2.86 bits per heavy atom. The van der Waals surface area contributed by atoms with Crippen LogP contribution in [0.4, 0.5) is 10.5 Å². The zero-order valence-electron chi connectivity index (χ0n) is 15.5. The molecule has 4 heterocycles. The number of benzene rings is 1. The van der Waals surface area contributed by atoms with Gasteiger partial charge in [-0.05, 0) is 52.2 Å². The Kier molecular flexibility index (Phi) is 3.97. The second-order valence-corrected chi connectivity index (χ2v) is 7.00. The van der Waals surface area contributed by atoms with E-state index in [0.717, 1.165) is 22.4 Å². The molecule has 1 saturated heterocycles. The van der Waals surface area contributed by atoms with Crippen molar-refractivity contribution in [1.82, 2.24) is 30.5 Å². The summed E-state index contributed by atoms with van der Waals surface area (Å²) in [5, 5.41) is 13.8. The summed E-state index contributed by atoms with van der Waals surface area (Å²) in [7, 11) is 0. The van der Waals surface area contributed by atoms with Crippen LogP contribution in [0, 0.1) is 0 Å². The van der Waals surface area contributed by atoms with Crippen LogP contribution in [-0.2, 0) is 16.0 Å². The molecule has 29 heavy (non-hydrogen) atoms. The molecule has 3 aromatic rings. The smallest absolute Gasteiger partial charge is 0.415 e. The molecule has 1 N–H and O–H groups in total. The van der Waals surface area contributed by atoms with Crippen molar-refractivity contribution in [3.05, 3.63) is 48.4 Å². The van der Waals surface area contributed by atoms with Gasteiger partial charge in [0.1, 0.15) is 12.4 Å². The molecule has 0 saturated carbocycles. The maximum atomic E-state index is 12.3. The van der Waals surface area contributed by atoms with Gasteiger partial charge in [-0.15, -0.1) is 5.10 Å². The van der Waals surface area contributed by atoms with Gasteiger partial charge in [-0.2, -0.15) is 4.68 Å². The number of fused-ring (bicyclic) bond motifs is 3. The summed E-state index contributed by atoms with van der Waals surface area (Å²) in [6.45, 7) is 1.76. The number of hydrogen-bond acceptors (Lipinski definition) is 7. The summed E-state index contributed by atoms with van der Waals surface area (Å²) < 4.78 is 6.93. The Hall–Kier alpha value is -3.82. The van der Waals surface area contributed by atoms with Crippen LogP contribution in [0.5, 0.6) is 0 Å². The minimum Gasteiger partial charge on any atom is -0.442 e. The van der Waals surface area contributed by atoms with Crippen molar-refractivity contribution in [1.29, 1.82) is 0 Å². The minimum absolute atomic E-state index is 0.111. The minimum atomic E-state index is -0.371. The number of ether oxygens (including phenoxy) is 1. The molecular weight excluding hydrogens is 374 g/mol. The van der Waals surface area contributed by atoms with Gasteiger partial charge in [-0.1, -0.05) is 6.07 Å². The topological polar surface area (TPSA) is 115 Å². The van der Waals surface area contributed by atoms with Crippen molar-refractivity contribution in [3.63, 3.8) is 0 Å². The molecule has 146 valence electrons. The molecule has 0 spiro atoms. The summed E-state index contributed by atoms with van der Waals surface area (Å²) >= 11 is 0. The number of tetrazole rings is 1. The standard InChI is InChI=1S/C19H17N7O3/c1-11(27)20-9-17-16-7-14-6-12(2-4-15(14)26(16)19(28)29-17)13-3-5-18(21-8-13)25-10-22-23-24-25/h2-6,8,10,16-17H,7,9H2,1H3,(H,20,27)/t16-,17?/m0/s1. The predicted molar refractivity (Wildman–Crippen MR) is 101 cm³/mol. The Morgan fingerprint density at radius 2 is 2.14 bits per heavy atom. The summed E-state index contributed by atoms with van der Waals surface area (Å²) in [4.78, 5) is 29.6. The molecule has 1 unspecified atom stereocenters. The Labute approximate surface area is 165 Å². The molecule has 0 bridgehead atoms. The third-order valence-corrected chi connectivity index (χ3v) is 5.19. The lowest BCUT2D eigenvalue weighted by Crippen LogP contribution is -2.40. The summed E-state index contributed by atoms with van der Waals surface area (Å²) in [6, 6.07) is 9.66. The number of carbonyl (C=O) groups is 2. The fourth-order valence-electron chi connectivity index (χ4n) is 3.84. The first kappa shape index (κ1) is 17.3. The molecule has 2 aromatic heterocycles. The summed E-state index contributed by atoms with van der Waals surface area (Å²) in [6.07, 6.45) is 3.20. The first-order chi connectivity index (χ1) is 14.1. The van der Waals surface area contributed by atoms with Crippen LogP contribution < -0.4 is 10.2 Å². The molecule has 0 aliphatic carbocycles. The number of aromatic nitrogens is 5. The molecule has 2 amide bonds. The Bertz CT molecular complexity index is 1080. The van der Waals surface area contributed by atoms with Crippen molar-refractivity contribution >= 4 is 17.7 Å². The average Bonchev–Trinajstić information content (AvgIpc) is 3.44. The Morgan fingerprint density at radius 1 is 1.28 bits per heavy atom. The second kappa shape index (κ2) is 6.66. The van der Waals surface area contributed by atoms with Gasteiger partial charge in [0.2, 0.25) is 5.91 Å². The van der Waals surface area contributed by atoms with Crippen molar-refractivity contribution in [2.45, 2.75) is 25.5 Å². The maximum Gasteiger partial charge on any atom is 0.415 e. The van der Waals surface area contributed by atoms with Gasteiger partial charge in [-0.25, -0.2) is 9.78 Å². The maximum absolute atomic E-state index is 12.3. The average molecular weight is 391 g/mol. The number of nitrogens with zero attached hydrogens (tertiary/aromatic N) is 6. The number of pyridine rings is 1. The van der Waals surface area contributed by atoms with Crippen LogP contribution in [-0.4, -0.2) is 55.9 Å². The largest absolute Gasteiger partial charge is 0.442 e. The molecule has 10 nitrogen and oxygen atoms in total. The molecule has 10 heteroatoms. The van der Waals surface area contributed by atoms with Crippen LogP contribution in [0.2, 0.25) is 0 Å². The molecule has 2 aliphatic rings. The third-order valence-electron chi connectivity index (χ3n) is 5.19. The monoisotopic (exact) mass is 391 g/mol. The highest BCUT2D eigenvalue weighted by Crippen LogP contribution is 2.40. The SMILES string of the molecule is CC(=O)NCC1OC(=O)N2c3ccc(-c4ccc(-n5cnnn5)nc4)cc3C[C@@H]12. The highest BCUT2D eigenvalue weighted by molar-refractivity contribution is 5.94. The lowest BCUT2D eigenvalue weighted by atomic mass is 10.0. The number of carbonyl (C=O) groups excluding carboxylic acids is 2. The third kappa shape index (κ3) is 2.98. The zero-order valence-corrected chi connectivity index (χ0v) is 15.5. The van der Waals surface area contributed by atoms with Crippen molar-refractivity contribution < 1.29 is 14.3 Å². The number of cyclic esters (lactones) is 1. The quantitative estimate of drug-likeness (QED) is 0.708. The lowest BCUT2D eigenvalue weighted by Gasteiger charge is -2.16. The molecule has 2 aliphatic heterocycles. The van der Waals surface area contributed by atoms with E-state index in [1.807, 2.05) is 24.3 Å². The fraction of sp³-hybridized carbons (Fsp3) is 0.263. The molecule has 0 radical (unpaired) electrons. The van der Waals surface area contributed by atoms with Gasteiger partial charge in [0.15, 0.2) is 5.82 Å². The van der Waals surface area contributed by atoms with Gasteiger partial charge < -0.3 is 10.1 Å². The van der Waals surface area contributed by atoms with E-state index in [0.29, 0.717) is 18.8 Å². The molecule has 5 rings (SSSR count). The normalized spacial score (nSPS) is 19.6. The van der Waals surface area contributed by atoms with Crippen molar-refractivity contribution in [2.75, 3.05) is 11.4 Å². The first-order valence-corrected chi connectivity index (χ1v) is 9.17. The van der Waals surface area contributed by atoms with E-state index in [4.69, 9.17) is 4.74 Å². The van der Waals surface area contributed by atoms with E-state index < -0.39 is 0 Å². The van der Waals surface area contributed by atoms with Crippen molar-refractivity contribution in [2.24, 2.45) is 0 Å². The predicted octanol–water partition coefficient (Wildman–Crippen LogP) is 1.11. The number of rotatable bonds is 4. The highest BCUT2D eigenvalue weighted by atomic mass is 16.6. The van der Waals surface area contributed by atoms with E-state index in [9.17, 15) is 9.59 Å². The lowest BCUT2D eigenvalue weighted by molar-refractivity contribution is -0.119. The molecule has 2 atom stereocenters. The van der Waals surface area contributed by atoms with Crippen LogP contribution >= 0.6 is 0 Å². The van der Waals surface area contributed by atoms with Crippen LogP contribution in [0.3, 0.4) is 0 Å². The Balaban J connectivity index is 1.39. The molecule has 1 aromatic carbocycles. The second-order valence-electron chi connectivity index (χ2n) is 7.00. The fourth-order valence-corrected chi connectivity index (χ4v) is 3.84. The van der Waals surface area contributed by atoms with E-state index in [2.05, 4.69) is 31.9 Å². The molecule has 1 fully saturated rings. The van der Waals surface area contributed by atoms with E-state index in [1.165, 1.54) is 17.9 Å². The van der Waals surface area contributed by atoms with Gasteiger partial charge in [0.25, 0.3) is 0 Å². The van der Waals surface area contributed by atoms with Crippen LogP contribution in [0.1, 0.15) is 12.5 Å². The van der Waals surface area contributed by atoms with E-state index in [-0.39, 0.29) is 24.1 Å². The summed E-state index contributed by atoms with van der Waals surface area (Å²) in [5.74, 6) is 0.485. The van der Waals surface area contributed by atoms with E-state index in [1.54, 1.807) is 11.1 Å². The van der Waals surface area contributed by atoms with Crippen LogP contribution in [0.25, 0.3) is 16.9 Å². The van der Waals surface area contributed by atoms with Gasteiger partial charge in [0, 0.05) is 18.7 Å². The van der Waals surface area contributed by atoms with Gasteiger partial charge in [0.05, 0.1) is 18.3 Å². The number of hydrogen-bond donors (Lipinski definition) is 1. The highest BCUT2D eigenvalue weighted by Gasteiger charge is 2.47. The molecular formula is C19H17N7O3. The zero-order chi connectivity index (χ0) is 20.0.